The molecule has 1 aromatic rings. The second-order valence-corrected chi connectivity index (χ2v) is 4.56. The van der Waals surface area contributed by atoms with Crippen molar-refractivity contribution in [3.8, 4) is 0 Å². The Kier molecular flexibility index (Phi) is 2.37. The summed E-state index contributed by atoms with van der Waals surface area (Å²) >= 11 is 0. The van der Waals surface area contributed by atoms with E-state index in [1.165, 1.54) is 0 Å². The number of aromatic nitrogens is 2. The van der Waals surface area contributed by atoms with Gasteiger partial charge in [-0.3, -0.25) is 4.79 Å². The van der Waals surface area contributed by atoms with E-state index < -0.39 is 0 Å². The minimum absolute atomic E-state index is 0.108. The largest absolute Gasteiger partial charge is 0.339 e. The van der Waals surface area contributed by atoms with Crippen LogP contribution < -0.4 is 0 Å². The maximum absolute atomic E-state index is 11.5. The van der Waals surface area contributed by atoms with E-state index >= 15 is 0 Å². The summed E-state index contributed by atoms with van der Waals surface area (Å²) in [5.41, 5.74) is 0.108. The number of carbonyl (C=O) groups is 1. The van der Waals surface area contributed by atoms with Gasteiger partial charge in [-0.05, 0) is 19.8 Å². The lowest BCUT2D eigenvalue weighted by atomic mass is 10.0. The fraction of sp³-hybridized carbons (Fsp3) is 0.727. The zero-order valence-electron chi connectivity index (χ0n) is 9.41. The summed E-state index contributed by atoms with van der Waals surface area (Å²) in [6.07, 6.45) is 2.74. The van der Waals surface area contributed by atoms with E-state index in [4.69, 9.17) is 4.52 Å². The van der Waals surface area contributed by atoms with Gasteiger partial charge in [0.15, 0.2) is 5.82 Å². The van der Waals surface area contributed by atoms with E-state index in [1.807, 2.05) is 13.8 Å². The molecule has 0 aliphatic heterocycles. The first kappa shape index (κ1) is 10.3. The number of ketones is 1. The summed E-state index contributed by atoms with van der Waals surface area (Å²) in [5, 5.41) is 3.95. The number of carbonyl (C=O) groups excluding carboxylic acids is 1. The summed E-state index contributed by atoms with van der Waals surface area (Å²) < 4.78 is 5.13. The Morgan fingerprint density at radius 3 is 2.80 bits per heavy atom. The fourth-order valence-corrected chi connectivity index (χ4v) is 1.51. The first-order valence-corrected chi connectivity index (χ1v) is 5.43. The van der Waals surface area contributed by atoms with Crippen molar-refractivity contribution in [2.24, 2.45) is 0 Å². The molecule has 1 aliphatic rings. The molecule has 1 aliphatic carbocycles. The highest BCUT2D eigenvalue weighted by atomic mass is 16.5. The van der Waals surface area contributed by atoms with Crippen LogP contribution in [0.1, 0.15) is 57.7 Å². The Labute approximate surface area is 89.1 Å². The van der Waals surface area contributed by atoms with Gasteiger partial charge in [0.25, 0.3) is 0 Å². The van der Waals surface area contributed by atoms with E-state index in [0.29, 0.717) is 12.3 Å². The average Bonchev–Trinajstić information content (AvgIpc) is 2.83. The van der Waals surface area contributed by atoms with E-state index in [0.717, 1.165) is 18.7 Å². The minimum Gasteiger partial charge on any atom is -0.339 e. The molecule has 0 saturated heterocycles. The van der Waals surface area contributed by atoms with Crippen molar-refractivity contribution in [2.45, 2.75) is 51.4 Å². The second kappa shape index (κ2) is 3.43. The van der Waals surface area contributed by atoms with Crippen molar-refractivity contribution < 1.29 is 9.32 Å². The first-order chi connectivity index (χ1) is 7.07. The molecule has 82 valence electrons. The van der Waals surface area contributed by atoms with Gasteiger partial charge in [0.1, 0.15) is 5.78 Å². The van der Waals surface area contributed by atoms with E-state index in [-0.39, 0.29) is 17.1 Å². The molecule has 0 N–H and O–H groups in total. The Balaban J connectivity index is 2.16. The van der Waals surface area contributed by atoms with Crippen molar-refractivity contribution in [2.75, 3.05) is 0 Å². The molecular weight excluding hydrogens is 192 g/mol. The summed E-state index contributed by atoms with van der Waals surface area (Å²) in [7, 11) is 0. The highest BCUT2D eigenvalue weighted by Gasteiger charge is 2.43. The summed E-state index contributed by atoms with van der Waals surface area (Å²) in [4.78, 5) is 15.8. The molecule has 0 spiro atoms. The molecule has 0 aromatic carbocycles. The Hall–Kier alpha value is -1.19. The SMILES string of the molecule is CCC(=O)C(C)c1nc(C2(C)CC2)no1. The monoisotopic (exact) mass is 208 g/mol. The molecule has 1 saturated carbocycles. The molecule has 4 heteroatoms. The van der Waals surface area contributed by atoms with Crippen molar-refractivity contribution in [3.63, 3.8) is 0 Å². The van der Waals surface area contributed by atoms with Gasteiger partial charge in [-0.25, -0.2) is 0 Å². The average molecular weight is 208 g/mol. The third-order valence-electron chi connectivity index (χ3n) is 3.18. The van der Waals surface area contributed by atoms with Gasteiger partial charge >= 0.3 is 0 Å². The maximum Gasteiger partial charge on any atom is 0.236 e. The summed E-state index contributed by atoms with van der Waals surface area (Å²) in [6, 6.07) is 0. The fourth-order valence-electron chi connectivity index (χ4n) is 1.51. The normalized spacial score (nSPS) is 19.9. The van der Waals surface area contributed by atoms with Crippen LogP contribution in [-0.4, -0.2) is 15.9 Å². The van der Waals surface area contributed by atoms with Crippen molar-refractivity contribution >= 4 is 5.78 Å². The molecule has 1 heterocycles. The van der Waals surface area contributed by atoms with Crippen molar-refractivity contribution in [3.05, 3.63) is 11.7 Å². The molecule has 4 nitrogen and oxygen atoms in total. The van der Waals surface area contributed by atoms with Gasteiger partial charge in [-0.2, -0.15) is 4.98 Å². The minimum atomic E-state index is -0.265. The third kappa shape index (κ3) is 1.80. The Bertz CT molecular complexity index is 380. The van der Waals surface area contributed by atoms with Crippen LogP contribution in [0.15, 0.2) is 4.52 Å². The first-order valence-electron chi connectivity index (χ1n) is 5.43. The Morgan fingerprint density at radius 2 is 2.27 bits per heavy atom. The topological polar surface area (TPSA) is 56.0 Å². The zero-order valence-corrected chi connectivity index (χ0v) is 9.41. The second-order valence-electron chi connectivity index (χ2n) is 4.56. The van der Waals surface area contributed by atoms with Gasteiger partial charge < -0.3 is 4.52 Å². The zero-order chi connectivity index (χ0) is 11.1. The highest BCUT2D eigenvalue weighted by Crippen LogP contribution is 2.46. The molecule has 15 heavy (non-hydrogen) atoms. The number of Topliss-reactive ketones (excluding diaryl/α,β-unsaturated/α-hetero) is 1. The summed E-state index contributed by atoms with van der Waals surface area (Å²) in [5.74, 6) is 1.10. The third-order valence-corrected chi connectivity index (χ3v) is 3.18. The molecule has 1 atom stereocenters. The van der Waals surface area contributed by atoms with Crippen LogP contribution in [0.4, 0.5) is 0 Å². The highest BCUT2D eigenvalue weighted by molar-refractivity contribution is 5.83. The lowest BCUT2D eigenvalue weighted by molar-refractivity contribution is -0.120. The van der Waals surface area contributed by atoms with Gasteiger partial charge in [0, 0.05) is 11.8 Å². The van der Waals surface area contributed by atoms with Crippen LogP contribution in [0, 0.1) is 0 Å². The van der Waals surface area contributed by atoms with Crippen LogP contribution in [-0.2, 0) is 10.2 Å². The molecular formula is C11H16N2O2. The number of hydrogen-bond acceptors (Lipinski definition) is 4. The number of hydrogen-bond donors (Lipinski definition) is 0. The molecule has 0 bridgehead atoms. The van der Waals surface area contributed by atoms with Crippen LogP contribution in [0.3, 0.4) is 0 Å². The van der Waals surface area contributed by atoms with Gasteiger partial charge in [-0.1, -0.05) is 19.0 Å². The Morgan fingerprint density at radius 1 is 1.60 bits per heavy atom. The lowest BCUT2D eigenvalue weighted by Gasteiger charge is -2.02. The van der Waals surface area contributed by atoms with E-state index in [9.17, 15) is 4.79 Å². The summed E-state index contributed by atoms with van der Waals surface area (Å²) in [6.45, 7) is 5.78. The standard InChI is InChI=1S/C11H16N2O2/c1-4-8(14)7(2)9-12-10(13-15-9)11(3)5-6-11/h7H,4-6H2,1-3H3. The van der Waals surface area contributed by atoms with Crippen molar-refractivity contribution in [1.82, 2.24) is 10.1 Å². The predicted octanol–water partition coefficient (Wildman–Crippen LogP) is 2.20. The van der Waals surface area contributed by atoms with Crippen LogP contribution in [0.25, 0.3) is 0 Å². The molecule has 1 fully saturated rings. The van der Waals surface area contributed by atoms with Gasteiger partial charge in [0.2, 0.25) is 5.89 Å². The molecule has 1 unspecified atom stereocenters. The van der Waals surface area contributed by atoms with Crippen LogP contribution in [0.2, 0.25) is 0 Å². The molecule has 0 amide bonds. The van der Waals surface area contributed by atoms with Gasteiger partial charge in [-0.15, -0.1) is 0 Å². The van der Waals surface area contributed by atoms with E-state index in [1.54, 1.807) is 0 Å². The number of rotatable bonds is 4. The van der Waals surface area contributed by atoms with Crippen LogP contribution >= 0.6 is 0 Å². The van der Waals surface area contributed by atoms with Crippen LogP contribution in [0.5, 0.6) is 0 Å². The molecule has 0 radical (unpaired) electrons. The van der Waals surface area contributed by atoms with Crippen molar-refractivity contribution in [1.29, 1.82) is 0 Å². The van der Waals surface area contributed by atoms with Gasteiger partial charge in [0.05, 0.1) is 5.92 Å². The smallest absolute Gasteiger partial charge is 0.236 e. The lowest BCUT2D eigenvalue weighted by Crippen LogP contribution is -2.09. The quantitative estimate of drug-likeness (QED) is 0.761. The molecule has 1 aromatic heterocycles. The number of nitrogens with zero attached hydrogens (tertiary/aromatic N) is 2. The van der Waals surface area contributed by atoms with E-state index in [2.05, 4.69) is 17.1 Å². The maximum atomic E-state index is 11.5. The molecule has 2 rings (SSSR count). The predicted molar refractivity (Wildman–Crippen MR) is 54.6 cm³/mol.